The molecule has 3 rings (SSSR count). The number of hydrogen-bond donors (Lipinski definition) is 1. The van der Waals surface area contributed by atoms with Crippen molar-refractivity contribution in [2.24, 2.45) is 0 Å². The number of carbonyl (C=O) groups excluding carboxylic acids is 1. The fourth-order valence-corrected chi connectivity index (χ4v) is 3.54. The molecule has 1 aliphatic heterocycles. The van der Waals surface area contributed by atoms with Crippen molar-refractivity contribution in [3.05, 3.63) is 59.4 Å². The van der Waals surface area contributed by atoms with Crippen molar-refractivity contribution in [2.75, 3.05) is 36.4 Å². The lowest BCUT2D eigenvalue weighted by Crippen LogP contribution is -2.44. The van der Waals surface area contributed by atoms with E-state index in [4.69, 9.17) is 0 Å². The molecular formula is C22H25FN4O. The van der Waals surface area contributed by atoms with E-state index in [1.165, 1.54) is 12.1 Å². The van der Waals surface area contributed by atoms with E-state index >= 15 is 0 Å². The first-order chi connectivity index (χ1) is 13.5. The third-order valence-electron chi connectivity index (χ3n) is 5.28. The Labute approximate surface area is 165 Å². The SMILES string of the molecule is Cc1ccc(F)cc1NC(=O)[C@H](C)N1CCCN(c2ccccc2C#N)CC1. The maximum Gasteiger partial charge on any atom is 0.241 e. The summed E-state index contributed by atoms with van der Waals surface area (Å²) in [5.74, 6) is -0.505. The summed E-state index contributed by atoms with van der Waals surface area (Å²) in [4.78, 5) is 17.1. The number of nitriles is 1. The molecule has 0 bridgehead atoms. The molecule has 1 amide bonds. The van der Waals surface area contributed by atoms with Gasteiger partial charge < -0.3 is 10.2 Å². The Balaban J connectivity index is 1.65. The number of para-hydroxylation sites is 1. The molecule has 28 heavy (non-hydrogen) atoms. The molecule has 1 fully saturated rings. The molecule has 5 nitrogen and oxygen atoms in total. The number of rotatable bonds is 4. The molecule has 1 heterocycles. The van der Waals surface area contributed by atoms with E-state index in [0.29, 0.717) is 11.3 Å². The van der Waals surface area contributed by atoms with Gasteiger partial charge in [0.25, 0.3) is 0 Å². The van der Waals surface area contributed by atoms with Gasteiger partial charge in [-0.25, -0.2) is 4.39 Å². The Kier molecular flexibility index (Phi) is 6.27. The van der Waals surface area contributed by atoms with E-state index in [1.54, 1.807) is 6.07 Å². The highest BCUT2D eigenvalue weighted by Gasteiger charge is 2.25. The average molecular weight is 380 g/mol. The van der Waals surface area contributed by atoms with Crippen LogP contribution < -0.4 is 10.2 Å². The van der Waals surface area contributed by atoms with Crippen LogP contribution in [0.2, 0.25) is 0 Å². The highest BCUT2D eigenvalue weighted by molar-refractivity contribution is 5.95. The number of halogens is 1. The van der Waals surface area contributed by atoms with Gasteiger partial charge in [-0.15, -0.1) is 0 Å². The minimum Gasteiger partial charge on any atom is -0.369 e. The fourth-order valence-electron chi connectivity index (χ4n) is 3.54. The monoisotopic (exact) mass is 380 g/mol. The van der Waals surface area contributed by atoms with Gasteiger partial charge in [0.15, 0.2) is 0 Å². The van der Waals surface area contributed by atoms with Gasteiger partial charge in [0, 0.05) is 31.9 Å². The van der Waals surface area contributed by atoms with Crippen LogP contribution in [0.4, 0.5) is 15.8 Å². The summed E-state index contributed by atoms with van der Waals surface area (Å²) in [5, 5.41) is 12.2. The molecule has 2 aromatic rings. The zero-order valence-electron chi connectivity index (χ0n) is 16.3. The number of carbonyl (C=O) groups is 1. The minimum atomic E-state index is -0.366. The minimum absolute atomic E-state index is 0.139. The van der Waals surface area contributed by atoms with Crippen molar-refractivity contribution >= 4 is 17.3 Å². The van der Waals surface area contributed by atoms with Gasteiger partial charge in [-0.1, -0.05) is 18.2 Å². The van der Waals surface area contributed by atoms with Gasteiger partial charge in [0.05, 0.1) is 17.3 Å². The van der Waals surface area contributed by atoms with Gasteiger partial charge in [0.2, 0.25) is 5.91 Å². The van der Waals surface area contributed by atoms with Gasteiger partial charge >= 0.3 is 0 Å². The topological polar surface area (TPSA) is 59.4 Å². The summed E-state index contributed by atoms with van der Waals surface area (Å²) in [6.07, 6.45) is 0.899. The van der Waals surface area contributed by atoms with Gasteiger partial charge in [-0.3, -0.25) is 9.69 Å². The summed E-state index contributed by atoms with van der Waals surface area (Å²) in [5.41, 5.74) is 2.95. The smallest absolute Gasteiger partial charge is 0.241 e. The van der Waals surface area contributed by atoms with Gasteiger partial charge in [-0.2, -0.15) is 5.26 Å². The maximum atomic E-state index is 13.5. The van der Waals surface area contributed by atoms with Crippen LogP contribution in [0.5, 0.6) is 0 Å². The molecule has 146 valence electrons. The van der Waals surface area contributed by atoms with Crippen LogP contribution in [-0.2, 0) is 4.79 Å². The highest BCUT2D eigenvalue weighted by atomic mass is 19.1. The zero-order chi connectivity index (χ0) is 20.1. The zero-order valence-corrected chi connectivity index (χ0v) is 16.3. The Hall–Kier alpha value is -2.91. The van der Waals surface area contributed by atoms with Crippen LogP contribution in [0, 0.1) is 24.1 Å². The molecule has 1 atom stereocenters. The summed E-state index contributed by atoms with van der Waals surface area (Å²) in [7, 11) is 0. The highest BCUT2D eigenvalue weighted by Crippen LogP contribution is 2.22. The molecule has 0 radical (unpaired) electrons. The Bertz CT molecular complexity index is 892. The number of nitrogens with zero attached hydrogens (tertiary/aromatic N) is 3. The number of aryl methyl sites for hydroxylation is 1. The Morgan fingerprint density at radius 1 is 1.18 bits per heavy atom. The molecule has 6 heteroatoms. The standard InChI is InChI=1S/C22H25FN4O/c1-16-8-9-19(23)14-20(16)25-22(28)17(2)26-10-5-11-27(13-12-26)21-7-4-3-6-18(21)15-24/h3-4,6-9,14,17H,5,10-13H2,1-2H3,(H,25,28)/t17-/m0/s1. The van der Waals surface area contributed by atoms with E-state index in [-0.39, 0.29) is 17.8 Å². The molecular weight excluding hydrogens is 355 g/mol. The Morgan fingerprint density at radius 3 is 2.75 bits per heavy atom. The van der Waals surface area contributed by atoms with E-state index in [9.17, 15) is 14.4 Å². The second-order valence-electron chi connectivity index (χ2n) is 7.13. The molecule has 1 aliphatic rings. The van der Waals surface area contributed by atoms with Crippen LogP contribution in [0.25, 0.3) is 0 Å². The van der Waals surface area contributed by atoms with Crippen molar-refractivity contribution in [3.63, 3.8) is 0 Å². The molecule has 0 saturated carbocycles. The molecule has 1 N–H and O–H groups in total. The predicted molar refractivity (Wildman–Crippen MR) is 109 cm³/mol. The normalized spacial score (nSPS) is 16.1. The maximum absolute atomic E-state index is 13.5. The first-order valence-corrected chi connectivity index (χ1v) is 9.54. The van der Waals surface area contributed by atoms with Crippen molar-refractivity contribution in [3.8, 4) is 6.07 Å². The number of hydrogen-bond acceptors (Lipinski definition) is 4. The van der Waals surface area contributed by atoms with E-state index in [0.717, 1.165) is 43.9 Å². The number of nitrogens with one attached hydrogen (secondary N) is 1. The number of anilines is 2. The van der Waals surface area contributed by atoms with Crippen LogP contribution >= 0.6 is 0 Å². The van der Waals surface area contributed by atoms with Crippen molar-refractivity contribution in [2.45, 2.75) is 26.3 Å². The molecule has 2 aromatic carbocycles. The number of benzene rings is 2. The fraction of sp³-hybridized carbons (Fsp3) is 0.364. The van der Waals surface area contributed by atoms with Crippen LogP contribution in [0.15, 0.2) is 42.5 Å². The second kappa shape index (κ2) is 8.85. The quantitative estimate of drug-likeness (QED) is 0.881. The van der Waals surface area contributed by atoms with Gasteiger partial charge in [-0.05, 0) is 50.1 Å². The Morgan fingerprint density at radius 2 is 1.96 bits per heavy atom. The third kappa shape index (κ3) is 4.49. The first-order valence-electron chi connectivity index (χ1n) is 9.54. The lowest BCUT2D eigenvalue weighted by molar-refractivity contribution is -0.120. The average Bonchev–Trinajstić information content (AvgIpc) is 2.96. The van der Waals surface area contributed by atoms with Crippen molar-refractivity contribution < 1.29 is 9.18 Å². The number of amides is 1. The van der Waals surface area contributed by atoms with E-state index in [2.05, 4.69) is 21.2 Å². The third-order valence-corrected chi connectivity index (χ3v) is 5.28. The van der Waals surface area contributed by atoms with Gasteiger partial charge in [0.1, 0.15) is 11.9 Å². The van der Waals surface area contributed by atoms with Crippen molar-refractivity contribution in [1.82, 2.24) is 4.90 Å². The summed E-state index contributed by atoms with van der Waals surface area (Å²) >= 11 is 0. The largest absolute Gasteiger partial charge is 0.369 e. The van der Waals surface area contributed by atoms with E-state index in [1.807, 2.05) is 38.1 Å². The molecule has 0 spiro atoms. The lowest BCUT2D eigenvalue weighted by atomic mass is 10.1. The van der Waals surface area contributed by atoms with Crippen molar-refractivity contribution in [1.29, 1.82) is 5.26 Å². The molecule has 0 aromatic heterocycles. The molecule has 0 aliphatic carbocycles. The van der Waals surface area contributed by atoms with Crippen LogP contribution in [0.3, 0.4) is 0 Å². The predicted octanol–water partition coefficient (Wildman–Crippen LogP) is 3.55. The lowest BCUT2D eigenvalue weighted by Gasteiger charge is -2.28. The molecule has 0 unspecified atom stereocenters. The molecule has 1 saturated heterocycles. The second-order valence-corrected chi connectivity index (χ2v) is 7.13. The van der Waals surface area contributed by atoms with E-state index < -0.39 is 0 Å². The summed E-state index contributed by atoms with van der Waals surface area (Å²) in [6.45, 7) is 6.82. The van der Waals surface area contributed by atoms with Crippen LogP contribution in [-0.4, -0.2) is 43.0 Å². The van der Waals surface area contributed by atoms with Crippen LogP contribution in [0.1, 0.15) is 24.5 Å². The first kappa shape index (κ1) is 19.8. The summed E-state index contributed by atoms with van der Waals surface area (Å²) < 4.78 is 13.5. The summed E-state index contributed by atoms with van der Waals surface area (Å²) in [6, 6.07) is 13.9.